The van der Waals surface area contributed by atoms with Gasteiger partial charge in [-0.25, -0.2) is 22.9 Å². The van der Waals surface area contributed by atoms with E-state index in [1.54, 1.807) is 4.90 Å². The molecule has 0 spiro atoms. The van der Waals surface area contributed by atoms with Crippen molar-refractivity contribution in [3.8, 4) is 5.69 Å². The highest BCUT2D eigenvalue weighted by Crippen LogP contribution is 2.45. The van der Waals surface area contributed by atoms with E-state index in [0.29, 0.717) is 19.2 Å². The van der Waals surface area contributed by atoms with Gasteiger partial charge >= 0.3 is 5.97 Å². The summed E-state index contributed by atoms with van der Waals surface area (Å²) in [4.78, 5) is 30.5. The first-order valence-electron chi connectivity index (χ1n) is 9.63. The maximum Gasteiger partial charge on any atom is 0.341 e. The van der Waals surface area contributed by atoms with Crippen molar-refractivity contribution in [1.29, 1.82) is 0 Å². The maximum absolute atomic E-state index is 15.2. The summed E-state index contributed by atoms with van der Waals surface area (Å²) in [5.74, 6) is -3.64. The van der Waals surface area contributed by atoms with Crippen molar-refractivity contribution >= 4 is 22.8 Å². The van der Waals surface area contributed by atoms with Crippen molar-refractivity contribution in [3.05, 3.63) is 63.2 Å². The molecule has 3 N–H and O–H groups in total. The zero-order chi connectivity index (χ0) is 22.2. The standard InChI is InChI=1S/C21H17F3N4O3/c1-8-15-18(29)12(21(30)31)7-28(14-3-2-9(22)4-13(14)23)19(15)26-20(16(8)24)27-5-10-11(6-27)17(10)25/h2-4,7,10-11,17H,5-6,25H2,1H3,(H,30,31)/t10-,11+,17?. The lowest BCUT2D eigenvalue weighted by Gasteiger charge is -2.23. The van der Waals surface area contributed by atoms with Gasteiger partial charge in [0.1, 0.15) is 17.2 Å². The van der Waals surface area contributed by atoms with E-state index in [9.17, 15) is 23.5 Å². The Morgan fingerprint density at radius 3 is 2.52 bits per heavy atom. The van der Waals surface area contributed by atoms with Gasteiger partial charge in [-0.05, 0) is 30.9 Å². The molecular weight excluding hydrogens is 413 g/mol. The molecule has 1 aliphatic heterocycles. The molecular formula is C21H17F3N4O3. The van der Waals surface area contributed by atoms with Gasteiger partial charge < -0.3 is 15.7 Å². The number of fused-ring (bicyclic) bond motifs is 2. The quantitative estimate of drug-likeness (QED) is 0.661. The molecule has 2 aromatic heterocycles. The van der Waals surface area contributed by atoms with Gasteiger partial charge in [-0.1, -0.05) is 0 Å². The van der Waals surface area contributed by atoms with E-state index in [2.05, 4.69) is 4.98 Å². The van der Waals surface area contributed by atoms with Crippen molar-refractivity contribution in [2.45, 2.75) is 13.0 Å². The molecule has 3 atom stereocenters. The van der Waals surface area contributed by atoms with Gasteiger partial charge in [-0.15, -0.1) is 0 Å². The number of aromatic carboxylic acids is 1. The number of halogens is 3. The third-order valence-corrected chi connectivity index (χ3v) is 6.25. The Bertz CT molecular complexity index is 1330. The van der Waals surface area contributed by atoms with Crippen LogP contribution in [0.2, 0.25) is 0 Å². The average molecular weight is 430 g/mol. The van der Waals surface area contributed by atoms with E-state index in [4.69, 9.17) is 5.73 Å². The van der Waals surface area contributed by atoms with Crippen LogP contribution in [0.15, 0.2) is 29.2 Å². The molecule has 3 heterocycles. The predicted molar refractivity (Wildman–Crippen MR) is 106 cm³/mol. The summed E-state index contributed by atoms with van der Waals surface area (Å²) in [6, 6.07) is 2.80. The van der Waals surface area contributed by atoms with Crippen molar-refractivity contribution in [2.24, 2.45) is 17.6 Å². The normalized spacial score (nSPS) is 22.1. The second-order valence-electron chi connectivity index (χ2n) is 8.03. The number of carboxylic acid groups (broad SMARTS) is 1. The summed E-state index contributed by atoms with van der Waals surface area (Å²) in [6.45, 7) is 2.36. The molecule has 0 bridgehead atoms. The van der Waals surface area contributed by atoms with Crippen LogP contribution in [0.5, 0.6) is 0 Å². The van der Waals surface area contributed by atoms with E-state index in [-0.39, 0.29) is 46.0 Å². The molecule has 1 aliphatic carbocycles. The van der Waals surface area contributed by atoms with Gasteiger partial charge in [-0.3, -0.25) is 9.36 Å². The number of carbonyl (C=O) groups is 1. The van der Waals surface area contributed by atoms with E-state index in [1.807, 2.05) is 0 Å². The van der Waals surface area contributed by atoms with E-state index in [0.717, 1.165) is 22.9 Å². The van der Waals surface area contributed by atoms with Gasteiger partial charge in [0.15, 0.2) is 17.3 Å². The minimum Gasteiger partial charge on any atom is -0.477 e. The Morgan fingerprint density at radius 2 is 1.90 bits per heavy atom. The molecule has 2 aliphatic rings. The third-order valence-electron chi connectivity index (χ3n) is 6.25. The first kappa shape index (κ1) is 19.6. The minimum absolute atomic E-state index is 0.0110. The van der Waals surface area contributed by atoms with Crippen LogP contribution in [0.4, 0.5) is 19.0 Å². The lowest BCUT2D eigenvalue weighted by Crippen LogP contribution is -2.30. The highest BCUT2D eigenvalue weighted by atomic mass is 19.1. The highest BCUT2D eigenvalue weighted by molar-refractivity contribution is 5.93. The SMILES string of the molecule is Cc1c(F)c(N2C[C@@H]3C(N)[C@@H]3C2)nc2c1c(=O)c(C(=O)O)cn2-c1ccc(F)cc1F. The van der Waals surface area contributed by atoms with Gasteiger partial charge in [0.25, 0.3) is 0 Å². The number of rotatable bonds is 3. The summed E-state index contributed by atoms with van der Waals surface area (Å²) in [5, 5.41) is 9.18. The molecule has 0 amide bonds. The Kier molecular flexibility index (Phi) is 4.13. The maximum atomic E-state index is 15.2. The number of anilines is 1. The lowest BCUT2D eigenvalue weighted by atomic mass is 10.1. The Labute approximate surface area is 173 Å². The number of nitrogens with two attached hydrogens (primary N) is 1. The molecule has 1 saturated heterocycles. The second-order valence-corrected chi connectivity index (χ2v) is 8.03. The number of hydrogen-bond acceptors (Lipinski definition) is 5. The summed E-state index contributed by atoms with van der Waals surface area (Å²) >= 11 is 0. The van der Waals surface area contributed by atoms with E-state index < -0.39 is 34.4 Å². The molecule has 1 saturated carbocycles. The second kappa shape index (κ2) is 6.55. The summed E-state index contributed by atoms with van der Waals surface area (Å²) < 4.78 is 44.3. The van der Waals surface area contributed by atoms with Crippen molar-refractivity contribution < 1.29 is 23.1 Å². The monoisotopic (exact) mass is 430 g/mol. The van der Waals surface area contributed by atoms with Gasteiger partial charge in [0, 0.05) is 37.0 Å². The number of aromatic nitrogens is 2. The van der Waals surface area contributed by atoms with E-state index >= 15 is 4.39 Å². The molecule has 3 aromatic rings. The van der Waals surface area contributed by atoms with Crippen LogP contribution in [-0.2, 0) is 0 Å². The number of carboxylic acids is 1. The largest absolute Gasteiger partial charge is 0.477 e. The molecule has 10 heteroatoms. The third kappa shape index (κ3) is 2.82. The molecule has 31 heavy (non-hydrogen) atoms. The molecule has 5 rings (SSSR count). The van der Waals surface area contributed by atoms with Gasteiger partial charge in [-0.2, -0.15) is 0 Å². The van der Waals surface area contributed by atoms with Crippen LogP contribution < -0.4 is 16.1 Å². The molecule has 2 fully saturated rings. The van der Waals surface area contributed by atoms with Crippen LogP contribution in [0.25, 0.3) is 16.7 Å². The number of benzene rings is 1. The van der Waals surface area contributed by atoms with Crippen LogP contribution in [0, 0.1) is 36.2 Å². The average Bonchev–Trinajstić information content (AvgIpc) is 3.11. The molecule has 1 aromatic carbocycles. The fourth-order valence-corrected chi connectivity index (χ4v) is 4.45. The number of pyridine rings is 2. The van der Waals surface area contributed by atoms with E-state index in [1.165, 1.54) is 6.92 Å². The van der Waals surface area contributed by atoms with Crippen LogP contribution >= 0.6 is 0 Å². The van der Waals surface area contributed by atoms with Gasteiger partial charge in [0.05, 0.1) is 11.1 Å². The van der Waals surface area contributed by atoms with Crippen LogP contribution in [0.1, 0.15) is 15.9 Å². The Morgan fingerprint density at radius 1 is 1.23 bits per heavy atom. The number of piperidine rings is 1. The first-order chi connectivity index (χ1) is 14.7. The number of hydrogen-bond donors (Lipinski definition) is 2. The predicted octanol–water partition coefficient (Wildman–Crippen LogP) is 2.20. The molecule has 7 nitrogen and oxygen atoms in total. The minimum atomic E-state index is -1.55. The van der Waals surface area contributed by atoms with Crippen LogP contribution in [0.3, 0.4) is 0 Å². The van der Waals surface area contributed by atoms with Crippen molar-refractivity contribution in [1.82, 2.24) is 9.55 Å². The number of nitrogens with zero attached hydrogens (tertiary/aromatic N) is 3. The Hall–Kier alpha value is -3.40. The smallest absolute Gasteiger partial charge is 0.341 e. The first-order valence-corrected chi connectivity index (χ1v) is 9.63. The summed E-state index contributed by atoms with van der Waals surface area (Å²) in [7, 11) is 0. The van der Waals surface area contributed by atoms with Crippen molar-refractivity contribution in [2.75, 3.05) is 18.0 Å². The fourth-order valence-electron chi connectivity index (χ4n) is 4.45. The van der Waals surface area contributed by atoms with Gasteiger partial charge in [0.2, 0.25) is 5.43 Å². The zero-order valence-electron chi connectivity index (χ0n) is 16.3. The number of aryl methyl sites for hydroxylation is 1. The lowest BCUT2D eigenvalue weighted by molar-refractivity contribution is 0.0695. The molecule has 1 unspecified atom stereocenters. The van der Waals surface area contributed by atoms with Crippen molar-refractivity contribution in [3.63, 3.8) is 0 Å². The zero-order valence-corrected chi connectivity index (χ0v) is 16.3. The summed E-state index contributed by atoms with van der Waals surface area (Å²) in [6.07, 6.45) is 0.925. The molecule has 160 valence electrons. The topological polar surface area (TPSA) is 101 Å². The summed E-state index contributed by atoms with van der Waals surface area (Å²) in [5.41, 5.74) is 3.93. The highest BCUT2D eigenvalue weighted by Gasteiger charge is 2.54. The Balaban J connectivity index is 1.81. The molecule has 0 radical (unpaired) electrons. The fraction of sp³-hybridized carbons (Fsp3) is 0.286. The van der Waals surface area contributed by atoms with Crippen LogP contribution in [-0.4, -0.2) is 39.8 Å².